The highest BCUT2D eigenvalue weighted by molar-refractivity contribution is 5.86. The molecule has 0 aliphatic heterocycles. The average molecular weight is 248 g/mol. The van der Waals surface area contributed by atoms with Crippen LogP contribution in [0.15, 0.2) is 12.5 Å². The molecule has 0 saturated heterocycles. The van der Waals surface area contributed by atoms with Gasteiger partial charge in [-0.25, -0.2) is 9.97 Å². The maximum absolute atomic E-state index is 5.59. The van der Waals surface area contributed by atoms with Crippen molar-refractivity contribution in [3.05, 3.63) is 12.5 Å². The van der Waals surface area contributed by atoms with E-state index in [0.29, 0.717) is 6.54 Å². The van der Waals surface area contributed by atoms with Crippen molar-refractivity contribution in [3.8, 4) is 0 Å². The Kier molecular flexibility index (Phi) is 4.09. The second kappa shape index (κ2) is 5.77. The molecule has 2 rings (SSSR count). The third-order valence-corrected chi connectivity index (χ3v) is 2.93. The Morgan fingerprint density at radius 3 is 2.89 bits per heavy atom. The maximum Gasteiger partial charge on any atom is 0.163 e. The maximum atomic E-state index is 5.59. The van der Waals surface area contributed by atoms with Gasteiger partial charge in [-0.05, 0) is 19.4 Å². The van der Waals surface area contributed by atoms with Crippen molar-refractivity contribution in [3.63, 3.8) is 0 Å². The standard InChI is InChI=1S/C12H20N6/c1-3-6-18(7-4-5-13)12-10-8-16-17(2)11(10)14-9-15-12/h8-9H,3-7,13H2,1-2H3. The zero-order chi connectivity index (χ0) is 13.0. The van der Waals surface area contributed by atoms with Gasteiger partial charge in [0.15, 0.2) is 5.65 Å². The summed E-state index contributed by atoms with van der Waals surface area (Å²) >= 11 is 0. The van der Waals surface area contributed by atoms with E-state index < -0.39 is 0 Å². The number of rotatable bonds is 6. The molecule has 6 heteroatoms. The molecule has 2 aromatic rings. The number of aryl methyl sites for hydroxylation is 1. The minimum absolute atomic E-state index is 0.696. The summed E-state index contributed by atoms with van der Waals surface area (Å²) in [5, 5.41) is 5.25. The lowest BCUT2D eigenvalue weighted by atomic mass is 10.3. The lowest BCUT2D eigenvalue weighted by Crippen LogP contribution is -2.28. The normalized spacial score (nSPS) is 11.1. The first-order valence-corrected chi connectivity index (χ1v) is 6.35. The van der Waals surface area contributed by atoms with Crippen LogP contribution in [-0.2, 0) is 7.05 Å². The number of anilines is 1. The van der Waals surface area contributed by atoms with Crippen LogP contribution in [0, 0.1) is 0 Å². The van der Waals surface area contributed by atoms with Crippen LogP contribution >= 0.6 is 0 Å². The predicted molar refractivity (Wildman–Crippen MR) is 72.5 cm³/mol. The largest absolute Gasteiger partial charge is 0.356 e. The van der Waals surface area contributed by atoms with Crippen molar-refractivity contribution in [2.75, 3.05) is 24.5 Å². The summed E-state index contributed by atoms with van der Waals surface area (Å²) < 4.78 is 1.77. The summed E-state index contributed by atoms with van der Waals surface area (Å²) in [5.41, 5.74) is 6.46. The average Bonchev–Trinajstić information content (AvgIpc) is 2.77. The number of hydrogen-bond donors (Lipinski definition) is 1. The van der Waals surface area contributed by atoms with Crippen molar-refractivity contribution in [1.82, 2.24) is 19.7 Å². The van der Waals surface area contributed by atoms with Gasteiger partial charge in [0.25, 0.3) is 0 Å². The Hall–Kier alpha value is -1.69. The van der Waals surface area contributed by atoms with Gasteiger partial charge in [-0.2, -0.15) is 5.10 Å². The van der Waals surface area contributed by atoms with Crippen LogP contribution in [0.4, 0.5) is 5.82 Å². The molecular weight excluding hydrogens is 228 g/mol. The monoisotopic (exact) mass is 248 g/mol. The van der Waals surface area contributed by atoms with Crippen molar-refractivity contribution in [2.24, 2.45) is 12.8 Å². The Bertz CT molecular complexity index is 506. The highest BCUT2D eigenvalue weighted by Gasteiger charge is 2.13. The third kappa shape index (κ3) is 2.43. The van der Waals surface area contributed by atoms with Crippen molar-refractivity contribution in [1.29, 1.82) is 0 Å². The first-order valence-electron chi connectivity index (χ1n) is 6.35. The van der Waals surface area contributed by atoms with Crippen LogP contribution in [0.3, 0.4) is 0 Å². The van der Waals surface area contributed by atoms with Crippen molar-refractivity contribution >= 4 is 16.9 Å². The van der Waals surface area contributed by atoms with E-state index in [4.69, 9.17) is 5.73 Å². The summed E-state index contributed by atoms with van der Waals surface area (Å²) in [7, 11) is 1.89. The van der Waals surface area contributed by atoms with Gasteiger partial charge in [0.05, 0.1) is 11.6 Å². The fourth-order valence-corrected chi connectivity index (χ4v) is 2.08. The van der Waals surface area contributed by atoms with E-state index in [2.05, 4.69) is 26.9 Å². The Balaban J connectivity index is 2.36. The minimum atomic E-state index is 0.696. The molecule has 0 radical (unpaired) electrons. The molecule has 0 aliphatic carbocycles. The molecule has 0 fully saturated rings. The van der Waals surface area contributed by atoms with Crippen LogP contribution in [-0.4, -0.2) is 39.4 Å². The smallest absolute Gasteiger partial charge is 0.163 e. The van der Waals surface area contributed by atoms with E-state index in [1.165, 1.54) is 0 Å². The van der Waals surface area contributed by atoms with Crippen LogP contribution < -0.4 is 10.6 Å². The molecule has 6 nitrogen and oxygen atoms in total. The number of nitrogens with zero attached hydrogens (tertiary/aromatic N) is 5. The number of aromatic nitrogens is 4. The first kappa shape index (κ1) is 12.8. The molecule has 0 atom stereocenters. The van der Waals surface area contributed by atoms with E-state index in [-0.39, 0.29) is 0 Å². The molecule has 0 amide bonds. The Morgan fingerprint density at radius 1 is 1.33 bits per heavy atom. The molecule has 0 aliphatic rings. The molecule has 0 aromatic carbocycles. The van der Waals surface area contributed by atoms with Crippen molar-refractivity contribution < 1.29 is 0 Å². The van der Waals surface area contributed by atoms with E-state index in [9.17, 15) is 0 Å². The predicted octanol–water partition coefficient (Wildman–Crippen LogP) is 0.928. The van der Waals surface area contributed by atoms with Gasteiger partial charge in [-0.15, -0.1) is 0 Å². The van der Waals surface area contributed by atoms with Gasteiger partial charge >= 0.3 is 0 Å². The van der Waals surface area contributed by atoms with Gasteiger partial charge in [0.2, 0.25) is 0 Å². The fraction of sp³-hybridized carbons (Fsp3) is 0.583. The second-order valence-electron chi connectivity index (χ2n) is 4.33. The van der Waals surface area contributed by atoms with Gasteiger partial charge in [0, 0.05) is 20.1 Å². The summed E-state index contributed by atoms with van der Waals surface area (Å²) in [4.78, 5) is 10.9. The van der Waals surface area contributed by atoms with Crippen LogP contribution in [0.1, 0.15) is 19.8 Å². The molecule has 18 heavy (non-hydrogen) atoms. The number of fused-ring (bicyclic) bond motifs is 1. The molecule has 0 bridgehead atoms. The van der Waals surface area contributed by atoms with Crippen LogP contribution in [0.5, 0.6) is 0 Å². The number of nitrogens with two attached hydrogens (primary N) is 1. The lowest BCUT2D eigenvalue weighted by Gasteiger charge is -2.23. The summed E-state index contributed by atoms with van der Waals surface area (Å²) in [6.45, 7) is 4.75. The quantitative estimate of drug-likeness (QED) is 0.823. The van der Waals surface area contributed by atoms with E-state index in [0.717, 1.165) is 42.8 Å². The van der Waals surface area contributed by atoms with Gasteiger partial charge in [-0.1, -0.05) is 6.92 Å². The van der Waals surface area contributed by atoms with E-state index in [1.807, 2.05) is 13.2 Å². The van der Waals surface area contributed by atoms with Crippen LogP contribution in [0.25, 0.3) is 11.0 Å². The molecular formula is C12H20N6. The Labute approximate surface area is 107 Å². The molecule has 2 heterocycles. The van der Waals surface area contributed by atoms with Gasteiger partial charge < -0.3 is 10.6 Å². The second-order valence-corrected chi connectivity index (χ2v) is 4.33. The Morgan fingerprint density at radius 2 is 2.17 bits per heavy atom. The molecule has 0 unspecified atom stereocenters. The molecule has 0 spiro atoms. The van der Waals surface area contributed by atoms with Gasteiger partial charge in [0.1, 0.15) is 12.1 Å². The molecule has 2 N–H and O–H groups in total. The third-order valence-electron chi connectivity index (χ3n) is 2.93. The topological polar surface area (TPSA) is 72.9 Å². The minimum Gasteiger partial charge on any atom is -0.356 e. The SMILES string of the molecule is CCCN(CCCN)c1ncnc2c1cnn2C. The lowest BCUT2D eigenvalue weighted by molar-refractivity contribution is 0.713. The first-order chi connectivity index (χ1) is 8.77. The zero-order valence-corrected chi connectivity index (χ0v) is 11.0. The molecule has 0 saturated carbocycles. The fourth-order valence-electron chi connectivity index (χ4n) is 2.08. The van der Waals surface area contributed by atoms with Crippen molar-refractivity contribution in [2.45, 2.75) is 19.8 Å². The van der Waals surface area contributed by atoms with E-state index in [1.54, 1.807) is 11.0 Å². The zero-order valence-electron chi connectivity index (χ0n) is 11.0. The van der Waals surface area contributed by atoms with E-state index >= 15 is 0 Å². The highest BCUT2D eigenvalue weighted by Crippen LogP contribution is 2.22. The summed E-state index contributed by atoms with van der Waals surface area (Å²) in [6.07, 6.45) is 5.47. The summed E-state index contributed by atoms with van der Waals surface area (Å²) in [5.74, 6) is 0.961. The summed E-state index contributed by atoms with van der Waals surface area (Å²) in [6, 6.07) is 0. The van der Waals surface area contributed by atoms with Crippen LogP contribution in [0.2, 0.25) is 0 Å². The molecule has 98 valence electrons. The molecule has 2 aromatic heterocycles. The van der Waals surface area contributed by atoms with Gasteiger partial charge in [-0.3, -0.25) is 4.68 Å². The highest BCUT2D eigenvalue weighted by atomic mass is 15.3. The number of hydrogen-bond acceptors (Lipinski definition) is 5.